The Balaban J connectivity index is 1.82. The molecule has 0 radical (unpaired) electrons. The number of carbonyl (C=O) groups excluding carboxylic acids is 1. The Morgan fingerprint density at radius 2 is 1.84 bits per heavy atom. The highest BCUT2D eigenvalue weighted by molar-refractivity contribution is 7.89. The van der Waals surface area contributed by atoms with Crippen molar-refractivity contribution in [2.75, 3.05) is 0 Å². The number of amides is 1. The number of fused-ring (bicyclic) bond motifs is 1. The molecule has 1 amide bonds. The smallest absolute Gasteiger partial charge is 0.302 e. The number of furan rings is 1. The number of carbonyl (C=O) groups is 1. The van der Waals surface area contributed by atoms with Crippen LogP contribution in [-0.2, 0) is 10.0 Å². The molecule has 2 N–H and O–H groups in total. The second-order valence-corrected chi connectivity index (χ2v) is 6.84. The Morgan fingerprint density at radius 3 is 2.52 bits per heavy atom. The summed E-state index contributed by atoms with van der Waals surface area (Å²) in [7, 11) is -4.42. The second kappa shape index (κ2) is 6.26. The molecule has 0 saturated carbocycles. The lowest BCUT2D eigenvalue weighted by molar-refractivity contribution is 0.0918. The Hall–Kier alpha value is -2.78. The zero-order valence-electron chi connectivity index (χ0n) is 12.8. The highest BCUT2D eigenvalue weighted by Gasteiger charge is 2.23. The number of rotatable bonds is 4. The molecule has 0 bridgehead atoms. The summed E-state index contributed by atoms with van der Waals surface area (Å²) in [6, 6.07) is 8.90. The number of hydrogen-bond acceptors (Lipinski definition) is 4. The predicted octanol–water partition coefficient (Wildman–Crippen LogP) is 2.64. The molecule has 0 saturated heterocycles. The van der Waals surface area contributed by atoms with E-state index in [2.05, 4.69) is 0 Å². The van der Waals surface area contributed by atoms with Crippen LogP contribution in [0, 0.1) is 18.6 Å². The van der Waals surface area contributed by atoms with Gasteiger partial charge in [-0.15, -0.1) is 4.83 Å². The van der Waals surface area contributed by atoms with Crippen molar-refractivity contribution in [3.63, 3.8) is 0 Å². The van der Waals surface area contributed by atoms with Gasteiger partial charge in [0, 0.05) is 17.0 Å². The average molecular weight is 366 g/mol. The van der Waals surface area contributed by atoms with Gasteiger partial charge >= 0.3 is 5.91 Å². The third-order valence-electron chi connectivity index (χ3n) is 3.53. The van der Waals surface area contributed by atoms with Gasteiger partial charge < -0.3 is 4.42 Å². The minimum absolute atomic E-state index is 0.0801. The van der Waals surface area contributed by atoms with E-state index >= 15 is 0 Å². The summed E-state index contributed by atoms with van der Waals surface area (Å²) in [6.07, 6.45) is 0. The fourth-order valence-corrected chi connectivity index (χ4v) is 3.21. The number of sulfonamides is 1. The van der Waals surface area contributed by atoms with Crippen LogP contribution < -0.4 is 10.3 Å². The van der Waals surface area contributed by atoms with Gasteiger partial charge in [0.2, 0.25) is 0 Å². The molecule has 3 rings (SSSR count). The zero-order chi connectivity index (χ0) is 18.2. The van der Waals surface area contributed by atoms with Gasteiger partial charge in [-0.25, -0.2) is 17.2 Å². The molecule has 1 heterocycles. The lowest BCUT2D eigenvalue weighted by atomic mass is 10.1. The van der Waals surface area contributed by atoms with Crippen LogP contribution in [0.5, 0.6) is 0 Å². The fraction of sp³-hybridized carbons (Fsp3) is 0.0625. The van der Waals surface area contributed by atoms with Crippen molar-refractivity contribution in [1.82, 2.24) is 10.3 Å². The van der Waals surface area contributed by atoms with E-state index in [-0.39, 0.29) is 5.76 Å². The highest BCUT2D eigenvalue weighted by Crippen LogP contribution is 2.24. The number of hydrogen-bond donors (Lipinski definition) is 2. The minimum atomic E-state index is -4.42. The third-order valence-corrected chi connectivity index (χ3v) is 4.81. The monoisotopic (exact) mass is 366 g/mol. The van der Waals surface area contributed by atoms with Gasteiger partial charge in [-0.2, -0.15) is 0 Å². The molecule has 3 aromatic rings. The van der Waals surface area contributed by atoms with E-state index in [0.717, 1.165) is 12.1 Å². The summed E-state index contributed by atoms with van der Waals surface area (Å²) >= 11 is 0. The number of hydrazine groups is 1. The molecule has 25 heavy (non-hydrogen) atoms. The van der Waals surface area contributed by atoms with E-state index in [1.165, 1.54) is 0 Å². The standard InChI is InChI=1S/C16H12F2N2O4S/c1-9-11-4-2-3-5-13(11)24-15(9)16(21)19-20-25(22,23)14-7-6-10(17)8-12(14)18/h2-8,20H,1H3,(H,19,21). The number of nitrogens with one attached hydrogen (secondary N) is 2. The minimum Gasteiger partial charge on any atom is -0.451 e. The topological polar surface area (TPSA) is 88.4 Å². The van der Waals surface area contributed by atoms with Crippen LogP contribution in [0.1, 0.15) is 16.1 Å². The fourth-order valence-electron chi connectivity index (χ4n) is 2.31. The summed E-state index contributed by atoms with van der Waals surface area (Å²) < 4.78 is 56.0. The number of halogens is 2. The number of aryl methyl sites for hydroxylation is 1. The van der Waals surface area contributed by atoms with Crippen LogP contribution in [-0.4, -0.2) is 14.3 Å². The Morgan fingerprint density at radius 1 is 1.12 bits per heavy atom. The van der Waals surface area contributed by atoms with E-state index in [4.69, 9.17) is 4.42 Å². The zero-order valence-corrected chi connectivity index (χ0v) is 13.7. The van der Waals surface area contributed by atoms with E-state index in [1.807, 2.05) is 5.43 Å². The van der Waals surface area contributed by atoms with Crippen LogP contribution in [0.2, 0.25) is 0 Å². The van der Waals surface area contributed by atoms with Crippen LogP contribution in [0.4, 0.5) is 8.78 Å². The molecule has 0 atom stereocenters. The van der Waals surface area contributed by atoms with E-state index < -0.39 is 32.5 Å². The molecule has 9 heteroatoms. The van der Waals surface area contributed by atoms with Gasteiger partial charge in [0.1, 0.15) is 22.1 Å². The van der Waals surface area contributed by atoms with E-state index in [9.17, 15) is 22.0 Å². The highest BCUT2D eigenvalue weighted by atomic mass is 32.2. The molecule has 130 valence electrons. The first-order valence-electron chi connectivity index (χ1n) is 7.05. The first-order valence-corrected chi connectivity index (χ1v) is 8.53. The molecule has 6 nitrogen and oxygen atoms in total. The van der Waals surface area contributed by atoms with E-state index in [1.54, 1.807) is 36.0 Å². The van der Waals surface area contributed by atoms with Crippen molar-refractivity contribution in [3.05, 3.63) is 65.4 Å². The summed E-state index contributed by atoms with van der Waals surface area (Å²) in [4.78, 5) is 13.1. The van der Waals surface area contributed by atoms with Gasteiger partial charge in [0.25, 0.3) is 10.0 Å². The number of para-hydroxylation sites is 1. The molecule has 0 spiro atoms. The number of benzene rings is 2. The van der Waals surface area contributed by atoms with Gasteiger partial charge in [-0.1, -0.05) is 18.2 Å². The Kier molecular flexibility index (Phi) is 4.27. The van der Waals surface area contributed by atoms with E-state index in [0.29, 0.717) is 22.6 Å². The van der Waals surface area contributed by atoms with Crippen molar-refractivity contribution in [2.24, 2.45) is 0 Å². The normalized spacial score (nSPS) is 11.6. The summed E-state index contributed by atoms with van der Waals surface area (Å²) in [5, 5.41) is 0.708. The summed E-state index contributed by atoms with van der Waals surface area (Å²) in [5.74, 6) is -3.12. The first-order chi connectivity index (χ1) is 11.8. The maximum Gasteiger partial charge on any atom is 0.302 e. The molecule has 0 aliphatic rings. The Bertz CT molecular complexity index is 1080. The maximum absolute atomic E-state index is 13.6. The van der Waals surface area contributed by atoms with Crippen LogP contribution >= 0.6 is 0 Å². The summed E-state index contributed by atoms with van der Waals surface area (Å²) in [6.45, 7) is 1.65. The first kappa shape index (κ1) is 17.1. The molecule has 0 aliphatic heterocycles. The van der Waals surface area contributed by atoms with Crippen molar-refractivity contribution in [3.8, 4) is 0 Å². The average Bonchev–Trinajstić information content (AvgIpc) is 2.90. The third kappa shape index (κ3) is 3.24. The summed E-state index contributed by atoms with van der Waals surface area (Å²) in [5.41, 5.74) is 2.95. The lowest BCUT2D eigenvalue weighted by Crippen LogP contribution is -2.41. The van der Waals surface area contributed by atoms with Crippen molar-refractivity contribution >= 4 is 26.9 Å². The molecule has 0 aliphatic carbocycles. The van der Waals surface area contributed by atoms with Crippen LogP contribution in [0.15, 0.2) is 51.8 Å². The van der Waals surface area contributed by atoms with Gasteiger partial charge in [-0.05, 0) is 25.1 Å². The quantitative estimate of drug-likeness (QED) is 0.695. The molecular formula is C16H12F2N2O4S. The van der Waals surface area contributed by atoms with Gasteiger partial charge in [0.15, 0.2) is 5.76 Å². The van der Waals surface area contributed by atoms with Crippen molar-refractivity contribution in [2.45, 2.75) is 11.8 Å². The molecule has 0 fully saturated rings. The van der Waals surface area contributed by atoms with Gasteiger partial charge in [-0.3, -0.25) is 10.2 Å². The SMILES string of the molecule is Cc1c(C(=O)NNS(=O)(=O)c2ccc(F)cc2F)oc2ccccc12. The molecule has 2 aromatic carbocycles. The Labute approximate surface area is 141 Å². The largest absolute Gasteiger partial charge is 0.451 e. The van der Waals surface area contributed by atoms with Crippen LogP contribution in [0.25, 0.3) is 11.0 Å². The predicted molar refractivity (Wildman–Crippen MR) is 85.1 cm³/mol. The second-order valence-electron chi connectivity index (χ2n) is 5.19. The van der Waals surface area contributed by atoms with Crippen molar-refractivity contribution in [1.29, 1.82) is 0 Å². The molecule has 0 unspecified atom stereocenters. The van der Waals surface area contributed by atoms with Crippen LogP contribution in [0.3, 0.4) is 0 Å². The van der Waals surface area contributed by atoms with Gasteiger partial charge in [0.05, 0.1) is 0 Å². The molecular weight excluding hydrogens is 354 g/mol. The lowest BCUT2D eigenvalue weighted by Gasteiger charge is -2.08. The maximum atomic E-state index is 13.6. The molecule has 1 aromatic heterocycles. The van der Waals surface area contributed by atoms with Crippen molar-refractivity contribution < 1.29 is 26.4 Å².